The number of aromatic nitrogens is 2. The van der Waals surface area contributed by atoms with Gasteiger partial charge in [0.05, 0.1) is 17.6 Å². The van der Waals surface area contributed by atoms with Gasteiger partial charge in [0.15, 0.2) is 11.9 Å². The van der Waals surface area contributed by atoms with Crippen LogP contribution in [0.15, 0.2) is 53.0 Å². The van der Waals surface area contributed by atoms with E-state index in [1.165, 1.54) is 59.0 Å². The number of likely N-dealkylation sites (N-methyl/N-ethyl adjacent to an activating group) is 2. The van der Waals surface area contributed by atoms with Crippen molar-refractivity contribution in [3.63, 3.8) is 0 Å². The van der Waals surface area contributed by atoms with Gasteiger partial charge in [-0.15, -0.1) is 11.3 Å². The van der Waals surface area contributed by atoms with Gasteiger partial charge >= 0.3 is 19.8 Å². The Morgan fingerprint density at radius 2 is 1.79 bits per heavy atom. The number of phosphoric acid groups is 1. The number of thiazole rings is 1. The number of nitrogens with zero attached hydrogens (tertiary/aromatic N) is 4. The van der Waals surface area contributed by atoms with Gasteiger partial charge < -0.3 is 35.2 Å². The molecular formula is C47H68N7O12PS3. The summed E-state index contributed by atoms with van der Waals surface area (Å²) >= 11 is 1.08. The molecule has 4 amide bonds. The van der Waals surface area contributed by atoms with Crippen LogP contribution < -0.4 is 20.5 Å². The van der Waals surface area contributed by atoms with E-state index in [2.05, 4.69) is 25.9 Å². The van der Waals surface area contributed by atoms with Gasteiger partial charge in [0.25, 0.3) is 5.91 Å². The lowest BCUT2D eigenvalue weighted by Crippen LogP contribution is -2.58. The number of likely N-dealkylation sites (tertiary alicyclic amines) is 1. The molecule has 0 radical (unpaired) electrons. The molecule has 0 saturated carbocycles. The van der Waals surface area contributed by atoms with Crippen molar-refractivity contribution < 1.29 is 57.5 Å². The Balaban J connectivity index is 1.52. The Hall–Kier alpha value is -4.57. The minimum absolute atomic E-state index is 0.0298. The van der Waals surface area contributed by atoms with Gasteiger partial charge in [0.1, 0.15) is 21.8 Å². The third-order valence-corrected chi connectivity index (χ3v) is 15.8. The lowest BCUT2D eigenvalue weighted by molar-refractivity contribution is -0.149. The number of amides is 4. The van der Waals surface area contributed by atoms with Crippen LogP contribution in [-0.4, -0.2) is 121 Å². The zero-order valence-electron chi connectivity index (χ0n) is 41.0. The summed E-state index contributed by atoms with van der Waals surface area (Å²) in [6, 6.07) is 7.34. The number of pyridine rings is 1. The van der Waals surface area contributed by atoms with E-state index in [1.807, 2.05) is 57.8 Å². The summed E-state index contributed by atoms with van der Waals surface area (Å²) in [6.45, 7) is 11.3. The van der Waals surface area contributed by atoms with Gasteiger partial charge in [0.2, 0.25) is 17.7 Å². The van der Waals surface area contributed by atoms with Crippen LogP contribution in [-0.2, 0) is 39.7 Å². The SMILES string of the molecule is CC[C@H](C)[C@H](NC(=O)[C@H]1CCCCN1C)C(=O)N(C)C(C[C@@H](OC(C)=O)c1nc(C(=O)N[C@@H](Cc2ccc(OP(=O)(O)O)c(NC(=O)CCCSSc3ccccn3)c2)CC(C)C(=O)O)cs1)C(C)C. The van der Waals surface area contributed by atoms with Gasteiger partial charge in [-0.3, -0.25) is 43.5 Å². The Bertz CT molecular complexity index is 2290. The van der Waals surface area contributed by atoms with E-state index in [0.717, 1.165) is 35.7 Å². The highest BCUT2D eigenvalue weighted by molar-refractivity contribution is 8.76. The van der Waals surface area contributed by atoms with E-state index in [1.54, 1.807) is 18.1 Å². The predicted octanol–water partition coefficient (Wildman–Crippen LogP) is 7.11. The summed E-state index contributed by atoms with van der Waals surface area (Å²) in [7, 11) is 1.53. The fraction of sp³-hybridized carbons (Fsp3) is 0.574. The highest BCUT2D eigenvalue weighted by Crippen LogP contribution is 2.42. The van der Waals surface area contributed by atoms with Crippen molar-refractivity contribution in [2.45, 2.75) is 135 Å². The van der Waals surface area contributed by atoms with E-state index < -0.39 is 61.7 Å². The van der Waals surface area contributed by atoms with Crippen molar-refractivity contribution >= 4 is 82.0 Å². The molecule has 1 aliphatic heterocycles. The molecule has 7 atom stereocenters. The second-order valence-corrected chi connectivity index (χ2v) is 22.5. The van der Waals surface area contributed by atoms with Gasteiger partial charge in [-0.25, -0.2) is 14.5 Å². The standard InChI is InChI=1S/C47H68N7O12PS3/c1-9-29(4)42(52-44(58)36-15-11-13-21-53(36)7)46(59)54(8)37(28(2)3)26-39(65-31(6)55)45-51-35(27-68-45)43(57)49-33(23-30(5)47(60)61)24-32-18-19-38(66-67(62,63)64)34(25-32)50-40(56)16-14-22-69-70-41-17-10-12-20-48-41/h10,12,17-20,25,27-30,33,36-37,39,42H,9,11,13-16,21-24,26H2,1-8H3,(H,49,57)(H,50,56)(H,52,58)(H,60,61)(H2,62,63,64)/t29-,30?,33+,36+,37?,39+,42-/m0/s1. The topological polar surface area (TPSA) is 267 Å². The molecule has 0 aliphatic carbocycles. The molecule has 1 saturated heterocycles. The van der Waals surface area contributed by atoms with Crippen LogP contribution in [0.3, 0.4) is 0 Å². The maximum absolute atomic E-state index is 14.3. The Kier molecular flexibility index (Phi) is 23.1. The van der Waals surface area contributed by atoms with Crippen molar-refractivity contribution in [1.82, 2.24) is 30.4 Å². The van der Waals surface area contributed by atoms with Gasteiger partial charge in [-0.05, 0) is 98.2 Å². The number of carboxylic acids is 1. The smallest absolute Gasteiger partial charge is 0.481 e. The van der Waals surface area contributed by atoms with Crippen molar-refractivity contribution in [2.24, 2.45) is 17.8 Å². The van der Waals surface area contributed by atoms with E-state index in [-0.39, 0.29) is 72.5 Å². The average molecular weight is 1050 g/mol. The highest BCUT2D eigenvalue weighted by atomic mass is 33.1. The number of piperidine rings is 1. The molecule has 2 aromatic heterocycles. The number of ether oxygens (including phenoxy) is 1. The number of nitrogens with one attached hydrogen (secondary N) is 3. The lowest BCUT2D eigenvalue weighted by atomic mass is 9.92. The van der Waals surface area contributed by atoms with Crippen LogP contribution in [0, 0.1) is 17.8 Å². The first-order valence-corrected chi connectivity index (χ1v) is 28.1. The molecule has 2 unspecified atom stereocenters. The Morgan fingerprint density at radius 1 is 1.04 bits per heavy atom. The molecule has 0 bridgehead atoms. The van der Waals surface area contributed by atoms with Crippen molar-refractivity contribution in [3.8, 4) is 5.75 Å². The number of benzene rings is 1. The van der Waals surface area contributed by atoms with E-state index in [9.17, 15) is 48.2 Å². The fourth-order valence-corrected chi connectivity index (χ4v) is 11.3. The number of phosphoric ester groups is 1. The molecule has 23 heteroatoms. The summed E-state index contributed by atoms with van der Waals surface area (Å²) in [6.07, 6.45) is 4.70. The van der Waals surface area contributed by atoms with Crippen LogP contribution in [0.4, 0.5) is 5.69 Å². The molecular weight excluding hydrogens is 982 g/mol. The molecule has 4 rings (SSSR count). The minimum atomic E-state index is -5.05. The predicted molar refractivity (Wildman–Crippen MR) is 270 cm³/mol. The van der Waals surface area contributed by atoms with Crippen LogP contribution in [0.5, 0.6) is 5.75 Å². The van der Waals surface area contributed by atoms with Crippen LogP contribution in [0.2, 0.25) is 0 Å². The van der Waals surface area contributed by atoms with E-state index in [0.29, 0.717) is 35.6 Å². The first-order chi connectivity index (χ1) is 33.1. The number of carbonyl (C=O) groups excluding carboxylic acids is 5. The molecule has 3 aromatic rings. The summed E-state index contributed by atoms with van der Waals surface area (Å²) in [5.74, 6) is -4.16. The number of esters is 1. The maximum Gasteiger partial charge on any atom is 0.524 e. The van der Waals surface area contributed by atoms with Crippen LogP contribution in [0.1, 0.15) is 120 Å². The first-order valence-electron chi connectivity index (χ1n) is 23.4. The number of rotatable bonds is 27. The summed E-state index contributed by atoms with van der Waals surface area (Å²) in [4.78, 5) is 111. The average Bonchev–Trinajstić information content (AvgIpc) is 3.80. The number of aliphatic carboxylic acids is 1. The molecule has 386 valence electrons. The fourth-order valence-electron chi connectivity index (χ4n) is 8.04. The zero-order valence-corrected chi connectivity index (χ0v) is 44.3. The molecule has 0 spiro atoms. The molecule has 19 nitrogen and oxygen atoms in total. The van der Waals surface area contributed by atoms with Crippen molar-refractivity contribution in [3.05, 3.63) is 64.2 Å². The quantitative estimate of drug-likeness (QED) is 0.0192. The van der Waals surface area contributed by atoms with Crippen LogP contribution >= 0.6 is 40.7 Å². The minimum Gasteiger partial charge on any atom is -0.481 e. The third kappa shape index (κ3) is 18.6. The summed E-state index contributed by atoms with van der Waals surface area (Å²) in [5, 5.41) is 21.1. The first kappa shape index (κ1) is 58.0. The van der Waals surface area contributed by atoms with E-state index in [4.69, 9.17) is 9.26 Å². The Labute approximate surface area is 422 Å². The van der Waals surface area contributed by atoms with Crippen molar-refractivity contribution in [2.75, 3.05) is 31.7 Å². The van der Waals surface area contributed by atoms with Gasteiger partial charge in [0, 0.05) is 56.2 Å². The highest BCUT2D eigenvalue weighted by Gasteiger charge is 2.37. The molecule has 1 fully saturated rings. The number of hydrogen-bond donors (Lipinski definition) is 6. The summed E-state index contributed by atoms with van der Waals surface area (Å²) in [5.41, 5.74) is 0.415. The number of hydrogen-bond acceptors (Lipinski definition) is 15. The molecule has 3 heterocycles. The van der Waals surface area contributed by atoms with Crippen LogP contribution in [0.25, 0.3) is 0 Å². The number of carbonyl (C=O) groups is 6. The van der Waals surface area contributed by atoms with Gasteiger partial charge in [-0.1, -0.05) is 70.4 Å². The second-order valence-electron chi connectivity index (χ2n) is 18.0. The number of anilines is 1. The Morgan fingerprint density at radius 3 is 2.41 bits per heavy atom. The lowest BCUT2D eigenvalue weighted by Gasteiger charge is -2.38. The maximum atomic E-state index is 14.3. The molecule has 1 aromatic carbocycles. The largest absolute Gasteiger partial charge is 0.524 e. The monoisotopic (exact) mass is 1050 g/mol. The second kappa shape index (κ2) is 27.9. The zero-order chi connectivity index (χ0) is 51.7. The molecule has 1 aliphatic rings. The normalized spacial score (nSPS) is 16.8. The summed E-state index contributed by atoms with van der Waals surface area (Å²) < 4.78 is 22.6. The molecule has 70 heavy (non-hydrogen) atoms. The third-order valence-electron chi connectivity index (χ3n) is 12.1. The molecule has 6 N–H and O–H groups in total. The van der Waals surface area contributed by atoms with Crippen molar-refractivity contribution in [1.29, 1.82) is 0 Å². The van der Waals surface area contributed by atoms with E-state index >= 15 is 0 Å². The number of carboxylic acid groups (broad SMARTS) is 1. The van der Waals surface area contributed by atoms with Gasteiger partial charge in [-0.2, -0.15) is 0 Å².